The third-order valence-electron chi connectivity index (χ3n) is 4.53. The first-order valence-corrected chi connectivity index (χ1v) is 7.83. The molecule has 2 amide bonds. The van der Waals surface area contributed by atoms with Crippen molar-refractivity contribution < 1.29 is 4.79 Å². The summed E-state index contributed by atoms with van der Waals surface area (Å²) >= 11 is 0. The SMILES string of the molecule is CC1(C)CC(NC(=O)N2CCCCC2)CC(C)(C)C1. The first kappa shape index (κ1) is 14.7. The zero-order valence-electron chi connectivity index (χ0n) is 13.1. The summed E-state index contributed by atoms with van der Waals surface area (Å²) in [6.07, 6.45) is 7.06. The van der Waals surface area contributed by atoms with Gasteiger partial charge in [-0.25, -0.2) is 4.79 Å². The number of hydrogen-bond donors (Lipinski definition) is 1. The van der Waals surface area contributed by atoms with E-state index in [1.165, 1.54) is 12.8 Å². The molecule has 1 aliphatic heterocycles. The molecule has 0 atom stereocenters. The van der Waals surface area contributed by atoms with Crippen molar-refractivity contribution >= 4 is 6.03 Å². The summed E-state index contributed by atoms with van der Waals surface area (Å²) in [5.74, 6) is 0. The number of piperidine rings is 1. The van der Waals surface area contributed by atoms with Gasteiger partial charge in [0.15, 0.2) is 0 Å². The van der Waals surface area contributed by atoms with Crippen LogP contribution in [0.25, 0.3) is 0 Å². The van der Waals surface area contributed by atoms with Gasteiger partial charge in [-0.05, 0) is 49.4 Å². The lowest BCUT2D eigenvalue weighted by Crippen LogP contribution is -2.51. The number of amides is 2. The van der Waals surface area contributed by atoms with Crippen molar-refractivity contribution in [1.82, 2.24) is 10.2 Å². The van der Waals surface area contributed by atoms with E-state index >= 15 is 0 Å². The van der Waals surface area contributed by atoms with Gasteiger partial charge in [0.1, 0.15) is 0 Å². The molecular formula is C16H30N2O. The van der Waals surface area contributed by atoms with E-state index in [1.54, 1.807) is 0 Å². The van der Waals surface area contributed by atoms with E-state index in [4.69, 9.17) is 0 Å². The number of carbonyl (C=O) groups is 1. The summed E-state index contributed by atoms with van der Waals surface area (Å²) in [6.45, 7) is 11.2. The van der Waals surface area contributed by atoms with Crippen molar-refractivity contribution in [3.8, 4) is 0 Å². The zero-order valence-corrected chi connectivity index (χ0v) is 13.1. The predicted octanol–water partition coefficient (Wildman–Crippen LogP) is 3.79. The lowest BCUT2D eigenvalue weighted by atomic mass is 9.63. The highest BCUT2D eigenvalue weighted by Crippen LogP contribution is 2.45. The molecule has 1 N–H and O–H groups in total. The summed E-state index contributed by atoms with van der Waals surface area (Å²) in [5, 5.41) is 3.29. The smallest absolute Gasteiger partial charge is 0.317 e. The maximum atomic E-state index is 12.3. The maximum absolute atomic E-state index is 12.3. The summed E-state index contributed by atoms with van der Waals surface area (Å²) in [5.41, 5.74) is 0.670. The molecule has 1 heterocycles. The van der Waals surface area contributed by atoms with Crippen molar-refractivity contribution in [1.29, 1.82) is 0 Å². The monoisotopic (exact) mass is 266 g/mol. The third-order valence-corrected chi connectivity index (χ3v) is 4.53. The van der Waals surface area contributed by atoms with Crippen LogP contribution in [0.15, 0.2) is 0 Å². The Balaban J connectivity index is 1.92. The topological polar surface area (TPSA) is 32.3 Å². The minimum Gasteiger partial charge on any atom is -0.335 e. The van der Waals surface area contributed by atoms with Gasteiger partial charge in [-0.3, -0.25) is 0 Å². The number of urea groups is 1. The van der Waals surface area contributed by atoms with Crippen molar-refractivity contribution in [2.75, 3.05) is 13.1 Å². The summed E-state index contributed by atoms with van der Waals surface area (Å²) in [6, 6.07) is 0.506. The molecule has 1 saturated heterocycles. The highest BCUT2D eigenvalue weighted by Gasteiger charge is 2.39. The molecule has 2 aliphatic rings. The molecule has 19 heavy (non-hydrogen) atoms. The van der Waals surface area contributed by atoms with E-state index in [1.807, 2.05) is 4.90 Å². The average molecular weight is 266 g/mol. The molecule has 0 aromatic heterocycles. The van der Waals surface area contributed by atoms with Crippen molar-refractivity contribution in [3.63, 3.8) is 0 Å². The Morgan fingerprint density at radius 2 is 1.53 bits per heavy atom. The van der Waals surface area contributed by atoms with Gasteiger partial charge in [0.05, 0.1) is 0 Å². The molecule has 0 aromatic carbocycles. The van der Waals surface area contributed by atoms with Crippen LogP contribution in [0.1, 0.15) is 66.2 Å². The maximum Gasteiger partial charge on any atom is 0.317 e. The highest BCUT2D eigenvalue weighted by molar-refractivity contribution is 5.74. The lowest BCUT2D eigenvalue weighted by molar-refractivity contribution is 0.0842. The standard InChI is InChI=1S/C16H30N2O/c1-15(2)10-13(11-16(3,4)12-15)17-14(19)18-8-6-5-7-9-18/h13H,5-12H2,1-4H3,(H,17,19). The number of carbonyl (C=O) groups excluding carboxylic acids is 1. The van der Waals surface area contributed by atoms with Gasteiger partial charge < -0.3 is 10.2 Å². The lowest BCUT2D eigenvalue weighted by Gasteiger charge is -2.45. The second-order valence-electron chi connectivity index (χ2n) is 8.11. The molecule has 2 rings (SSSR count). The quantitative estimate of drug-likeness (QED) is 0.769. The minimum absolute atomic E-state index is 0.165. The average Bonchev–Trinajstić information content (AvgIpc) is 2.25. The van der Waals surface area contributed by atoms with Crippen LogP contribution in [0.5, 0.6) is 0 Å². The number of nitrogens with zero attached hydrogens (tertiary/aromatic N) is 1. The summed E-state index contributed by atoms with van der Waals surface area (Å²) in [7, 11) is 0. The first-order chi connectivity index (χ1) is 8.77. The van der Waals surface area contributed by atoms with Gasteiger partial charge in [-0.15, -0.1) is 0 Å². The van der Waals surface area contributed by atoms with Crippen molar-refractivity contribution in [2.24, 2.45) is 10.8 Å². The molecule has 3 heteroatoms. The zero-order chi connectivity index (χ0) is 14.1. The van der Waals surface area contributed by atoms with Crippen molar-refractivity contribution in [3.05, 3.63) is 0 Å². The largest absolute Gasteiger partial charge is 0.335 e. The van der Waals surface area contributed by atoms with Gasteiger partial charge in [0.25, 0.3) is 0 Å². The van der Waals surface area contributed by atoms with E-state index in [9.17, 15) is 4.79 Å². The molecule has 2 fully saturated rings. The minimum atomic E-state index is 0.165. The normalized spacial score (nSPS) is 27.1. The van der Waals surface area contributed by atoms with Gasteiger partial charge in [-0.2, -0.15) is 0 Å². The van der Waals surface area contributed by atoms with E-state index in [2.05, 4.69) is 33.0 Å². The molecular weight excluding hydrogens is 236 g/mol. The number of nitrogens with one attached hydrogen (secondary N) is 1. The fourth-order valence-corrected chi connectivity index (χ4v) is 4.31. The fourth-order valence-electron chi connectivity index (χ4n) is 4.31. The Morgan fingerprint density at radius 1 is 1.00 bits per heavy atom. The molecule has 0 bridgehead atoms. The number of rotatable bonds is 1. The molecule has 3 nitrogen and oxygen atoms in total. The Bertz CT molecular complexity index is 314. The highest BCUT2D eigenvalue weighted by atomic mass is 16.2. The molecule has 1 aliphatic carbocycles. The molecule has 0 aromatic rings. The van der Waals surface area contributed by atoms with Crippen LogP contribution in [0, 0.1) is 10.8 Å². The fraction of sp³-hybridized carbons (Fsp3) is 0.938. The molecule has 0 radical (unpaired) electrons. The van der Waals surface area contributed by atoms with Gasteiger partial charge in [0.2, 0.25) is 0 Å². The second kappa shape index (κ2) is 5.34. The van der Waals surface area contributed by atoms with Crippen LogP contribution in [0.3, 0.4) is 0 Å². The second-order valence-corrected chi connectivity index (χ2v) is 8.11. The number of hydrogen-bond acceptors (Lipinski definition) is 1. The van der Waals surface area contributed by atoms with Crippen LogP contribution >= 0.6 is 0 Å². The van der Waals surface area contributed by atoms with E-state index in [-0.39, 0.29) is 6.03 Å². The Morgan fingerprint density at radius 3 is 2.05 bits per heavy atom. The Kier molecular flexibility index (Phi) is 4.12. The van der Waals surface area contributed by atoms with Gasteiger partial charge in [0, 0.05) is 19.1 Å². The summed E-state index contributed by atoms with van der Waals surface area (Å²) < 4.78 is 0. The van der Waals surface area contributed by atoms with E-state index in [0.717, 1.165) is 38.8 Å². The molecule has 0 unspecified atom stereocenters. The Labute approximate surface area is 118 Å². The Hall–Kier alpha value is -0.730. The first-order valence-electron chi connectivity index (χ1n) is 7.83. The van der Waals surface area contributed by atoms with Crippen LogP contribution in [-0.2, 0) is 0 Å². The molecule has 1 saturated carbocycles. The van der Waals surface area contributed by atoms with Crippen LogP contribution in [0.2, 0.25) is 0 Å². The predicted molar refractivity (Wildman–Crippen MR) is 79.2 cm³/mol. The van der Waals surface area contributed by atoms with E-state index in [0.29, 0.717) is 16.9 Å². The van der Waals surface area contributed by atoms with Gasteiger partial charge in [-0.1, -0.05) is 27.7 Å². The van der Waals surface area contributed by atoms with Crippen LogP contribution in [0.4, 0.5) is 4.79 Å². The van der Waals surface area contributed by atoms with Crippen LogP contribution in [-0.4, -0.2) is 30.1 Å². The molecule has 110 valence electrons. The van der Waals surface area contributed by atoms with Crippen LogP contribution < -0.4 is 5.32 Å². The molecule has 0 spiro atoms. The van der Waals surface area contributed by atoms with Gasteiger partial charge >= 0.3 is 6.03 Å². The number of likely N-dealkylation sites (tertiary alicyclic amines) is 1. The van der Waals surface area contributed by atoms with Crippen molar-refractivity contribution in [2.45, 2.75) is 72.3 Å². The third kappa shape index (κ3) is 4.12. The van der Waals surface area contributed by atoms with E-state index < -0.39 is 0 Å². The summed E-state index contributed by atoms with van der Waals surface area (Å²) in [4.78, 5) is 14.3.